The molecule has 0 spiro atoms. The molecule has 1 N–H and O–H groups in total. The molecule has 1 aliphatic rings. The second-order valence-corrected chi connectivity index (χ2v) is 7.54. The third kappa shape index (κ3) is 6.24. The zero-order valence-corrected chi connectivity index (χ0v) is 16.0. The minimum absolute atomic E-state index is 0.181. The summed E-state index contributed by atoms with van der Waals surface area (Å²) in [5.41, 5.74) is 0.921. The van der Waals surface area contributed by atoms with Gasteiger partial charge in [0.2, 0.25) is 0 Å². The number of amides is 1. The fraction of sp³-hybridized carbons (Fsp3) is 0.500. The maximum Gasteiger partial charge on any atom is 0.331 e. The Morgan fingerprint density at radius 2 is 1.96 bits per heavy atom. The van der Waals surface area contributed by atoms with Crippen LogP contribution in [-0.4, -0.2) is 30.8 Å². The Morgan fingerprint density at radius 3 is 2.64 bits per heavy atom. The van der Waals surface area contributed by atoms with Gasteiger partial charge >= 0.3 is 5.97 Å². The van der Waals surface area contributed by atoms with E-state index < -0.39 is 5.97 Å². The molecule has 1 aromatic carbocycles. The summed E-state index contributed by atoms with van der Waals surface area (Å²) < 4.78 is 5.03. The van der Waals surface area contributed by atoms with Gasteiger partial charge in [0.1, 0.15) is 0 Å². The van der Waals surface area contributed by atoms with Crippen LogP contribution in [0.5, 0.6) is 0 Å². The van der Waals surface area contributed by atoms with Crippen LogP contribution in [0.2, 0.25) is 0 Å². The molecule has 136 valence electrons. The standard InChI is InChI=1S/C20H27NO3S/c1-14-5-4-6-18(15(14)2)21-19(22)13-24-20(23)12-9-16-7-10-17(25-3)11-8-16/h7-12,14-15,18H,4-6,13H2,1-3H3,(H,21,22)/b12-9+/t14-,15-,18+/m0/s1. The van der Waals surface area contributed by atoms with Crippen LogP contribution in [0.4, 0.5) is 0 Å². The van der Waals surface area contributed by atoms with Crippen LogP contribution in [0.15, 0.2) is 35.2 Å². The molecule has 0 saturated heterocycles. The molecule has 0 aliphatic heterocycles. The molecule has 2 rings (SSSR count). The van der Waals surface area contributed by atoms with E-state index in [1.807, 2.05) is 30.5 Å². The van der Waals surface area contributed by atoms with Crippen molar-refractivity contribution in [3.8, 4) is 0 Å². The van der Waals surface area contributed by atoms with E-state index in [2.05, 4.69) is 19.2 Å². The lowest BCUT2D eigenvalue weighted by Gasteiger charge is -2.34. The topological polar surface area (TPSA) is 55.4 Å². The molecule has 0 unspecified atom stereocenters. The van der Waals surface area contributed by atoms with E-state index in [1.54, 1.807) is 17.8 Å². The van der Waals surface area contributed by atoms with Crippen molar-refractivity contribution in [3.63, 3.8) is 0 Å². The van der Waals surface area contributed by atoms with Crippen molar-refractivity contribution in [2.24, 2.45) is 11.8 Å². The SMILES string of the molecule is CSc1ccc(/C=C/C(=O)OCC(=O)N[C@@H]2CCC[C@H](C)[C@@H]2C)cc1. The summed E-state index contributed by atoms with van der Waals surface area (Å²) in [6.07, 6.45) is 8.40. The number of carbonyl (C=O) groups excluding carboxylic acids is 2. The molecule has 1 aliphatic carbocycles. The highest BCUT2D eigenvalue weighted by molar-refractivity contribution is 7.98. The van der Waals surface area contributed by atoms with Crippen LogP contribution in [0.1, 0.15) is 38.7 Å². The van der Waals surface area contributed by atoms with Gasteiger partial charge in [-0.3, -0.25) is 4.79 Å². The molecular weight excluding hydrogens is 334 g/mol. The van der Waals surface area contributed by atoms with E-state index in [1.165, 1.54) is 17.4 Å². The van der Waals surface area contributed by atoms with Crippen molar-refractivity contribution in [2.45, 2.75) is 44.0 Å². The van der Waals surface area contributed by atoms with E-state index in [0.717, 1.165) is 18.4 Å². The monoisotopic (exact) mass is 361 g/mol. The van der Waals surface area contributed by atoms with Crippen LogP contribution < -0.4 is 5.32 Å². The quantitative estimate of drug-likeness (QED) is 0.474. The van der Waals surface area contributed by atoms with Gasteiger partial charge in [-0.2, -0.15) is 0 Å². The van der Waals surface area contributed by atoms with Gasteiger partial charge in [-0.25, -0.2) is 4.79 Å². The summed E-state index contributed by atoms with van der Waals surface area (Å²) in [5.74, 6) is 0.339. The maximum atomic E-state index is 12.0. The summed E-state index contributed by atoms with van der Waals surface area (Å²) in [6, 6.07) is 8.05. The largest absolute Gasteiger partial charge is 0.452 e. The third-order valence-corrected chi connectivity index (χ3v) is 5.67. The molecule has 5 heteroatoms. The molecule has 4 nitrogen and oxygen atoms in total. The molecule has 3 atom stereocenters. The summed E-state index contributed by atoms with van der Waals surface area (Å²) in [4.78, 5) is 24.9. The molecular formula is C20H27NO3S. The first-order chi connectivity index (χ1) is 12.0. The van der Waals surface area contributed by atoms with Crippen LogP contribution in [0.3, 0.4) is 0 Å². The maximum absolute atomic E-state index is 12.0. The van der Waals surface area contributed by atoms with E-state index in [0.29, 0.717) is 11.8 Å². The third-order valence-electron chi connectivity index (χ3n) is 4.93. The first-order valence-electron chi connectivity index (χ1n) is 8.78. The molecule has 0 heterocycles. The Bertz CT molecular complexity index is 612. The Hall–Kier alpha value is -1.75. The zero-order chi connectivity index (χ0) is 18.2. The summed E-state index contributed by atoms with van der Waals surface area (Å²) >= 11 is 1.67. The first-order valence-corrected chi connectivity index (χ1v) is 10.0. The van der Waals surface area contributed by atoms with Gasteiger partial charge < -0.3 is 10.1 Å². The van der Waals surface area contributed by atoms with Gasteiger partial charge in [0.15, 0.2) is 6.61 Å². The molecule has 1 saturated carbocycles. The normalized spacial score (nSPS) is 23.4. The number of thioether (sulfide) groups is 1. The molecule has 0 radical (unpaired) electrons. The highest BCUT2D eigenvalue weighted by Gasteiger charge is 2.28. The molecule has 25 heavy (non-hydrogen) atoms. The van der Waals surface area contributed by atoms with Gasteiger partial charge in [0, 0.05) is 17.0 Å². The van der Waals surface area contributed by atoms with Crippen LogP contribution in [-0.2, 0) is 14.3 Å². The van der Waals surface area contributed by atoms with Gasteiger partial charge in [-0.1, -0.05) is 38.8 Å². The Balaban J connectivity index is 1.75. The number of hydrogen-bond donors (Lipinski definition) is 1. The number of nitrogens with one attached hydrogen (secondary N) is 1. The number of ether oxygens (including phenoxy) is 1. The summed E-state index contributed by atoms with van der Waals surface area (Å²) in [6.45, 7) is 4.16. The molecule has 0 bridgehead atoms. The van der Waals surface area contributed by atoms with E-state index in [-0.39, 0.29) is 18.6 Å². The van der Waals surface area contributed by atoms with E-state index >= 15 is 0 Å². The number of hydrogen-bond acceptors (Lipinski definition) is 4. The van der Waals surface area contributed by atoms with Crippen molar-refractivity contribution in [1.82, 2.24) is 5.32 Å². The number of carbonyl (C=O) groups is 2. The Labute approximate surface area is 154 Å². The van der Waals surface area contributed by atoms with Crippen molar-refractivity contribution in [2.75, 3.05) is 12.9 Å². The van der Waals surface area contributed by atoms with Crippen molar-refractivity contribution in [3.05, 3.63) is 35.9 Å². The summed E-state index contributed by atoms with van der Waals surface area (Å²) in [7, 11) is 0. The average Bonchev–Trinajstić information content (AvgIpc) is 2.62. The van der Waals surface area contributed by atoms with Gasteiger partial charge in [0.25, 0.3) is 5.91 Å². The van der Waals surface area contributed by atoms with E-state index in [4.69, 9.17) is 4.74 Å². The number of rotatable bonds is 6. The molecule has 0 aromatic heterocycles. The second kappa shape index (κ2) is 9.66. The van der Waals surface area contributed by atoms with Gasteiger partial charge in [-0.15, -0.1) is 11.8 Å². The van der Waals surface area contributed by atoms with Crippen LogP contribution >= 0.6 is 11.8 Å². The minimum Gasteiger partial charge on any atom is -0.452 e. The smallest absolute Gasteiger partial charge is 0.331 e. The first kappa shape index (κ1) is 19.6. The highest BCUT2D eigenvalue weighted by atomic mass is 32.2. The minimum atomic E-state index is -0.505. The lowest BCUT2D eigenvalue weighted by Crippen LogP contribution is -2.45. The predicted molar refractivity (Wildman–Crippen MR) is 102 cm³/mol. The number of benzene rings is 1. The van der Waals surface area contributed by atoms with Crippen molar-refractivity contribution >= 4 is 29.7 Å². The zero-order valence-electron chi connectivity index (χ0n) is 15.2. The average molecular weight is 362 g/mol. The predicted octanol–water partition coefficient (Wildman–Crippen LogP) is 3.91. The Kier molecular flexibility index (Phi) is 7.56. The molecule has 1 aromatic rings. The second-order valence-electron chi connectivity index (χ2n) is 6.66. The lowest BCUT2D eigenvalue weighted by molar-refractivity contribution is -0.144. The Morgan fingerprint density at radius 1 is 1.24 bits per heavy atom. The highest BCUT2D eigenvalue weighted by Crippen LogP contribution is 2.29. The number of esters is 1. The summed E-state index contributed by atoms with van der Waals surface area (Å²) in [5, 5.41) is 3.00. The lowest BCUT2D eigenvalue weighted by atomic mass is 9.78. The van der Waals surface area contributed by atoms with Crippen molar-refractivity contribution in [1.29, 1.82) is 0 Å². The molecule has 1 fully saturated rings. The van der Waals surface area contributed by atoms with Crippen LogP contribution in [0.25, 0.3) is 6.08 Å². The fourth-order valence-corrected chi connectivity index (χ4v) is 3.51. The van der Waals surface area contributed by atoms with Gasteiger partial charge in [-0.05, 0) is 48.3 Å². The van der Waals surface area contributed by atoms with E-state index in [9.17, 15) is 9.59 Å². The molecule has 1 amide bonds. The van der Waals surface area contributed by atoms with Gasteiger partial charge in [0.05, 0.1) is 0 Å². The van der Waals surface area contributed by atoms with Crippen LogP contribution in [0, 0.1) is 11.8 Å². The van der Waals surface area contributed by atoms with Crippen molar-refractivity contribution < 1.29 is 14.3 Å². The fourth-order valence-electron chi connectivity index (χ4n) is 3.10.